The van der Waals surface area contributed by atoms with Gasteiger partial charge in [0.05, 0.1) is 40.5 Å². The van der Waals surface area contributed by atoms with Gasteiger partial charge >= 0.3 is 0 Å². The van der Waals surface area contributed by atoms with Crippen LogP contribution in [0.25, 0.3) is 11.1 Å². The van der Waals surface area contributed by atoms with Crippen LogP contribution < -0.4 is 20.3 Å². The van der Waals surface area contributed by atoms with Gasteiger partial charge in [-0.25, -0.2) is 8.42 Å². The maximum atomic E-state index is 14.1. The molecule has 1 saturated heterocycles. The van der Waals surface area contributed by atoms with Crippen molar-refractivity contribution in [3.63, 3.8) is 0 Å². The van der Waals surface area contributed by atoms with Crippen LogP contribution >= 0.6 is 35.6 Å². The van der Waals surface area contributed by atoms with Gasteiger partial charge in [-0.05, 0) is 73.2 Å². The van der Waals surface area contributed by atoms with E-state index in [-0.39, 0.29) is 42.1 Å². The number of anilines is 1. The summed E-state index contributed by atoms with van der Waals surface area (Å²) >= 11 is 12.2. The number of rotatable bonds is 10. The Kier molecular flexibility index (Phi) is 11.4. The van der Waals surface area contributed by atoms with Gasteiger partial charge in [-0.3, -0.25) is 13.9 Å². The molecular weight excluding hydrogens is 631 g/mol. The second-order valence-corrected chi connectivity index (χ2v) is 13.4. The first-order valence-corrected chi connectivity index (χ1v) is 16.5. The second kappa shape index (κ2) is 14.8. The zero-order chi connectivity index (χ0) is 29.7. The summed E-state index contributed by atoms with van der Waals surface area (Å²) in [5, 5.41) is 9.51. The highest BCUT2D eigenvalue weighted by molar-refractivity contribution is 7.92. The number of carbonyl (C=O) groups is 2. The lowest BCUT2D eigenvalue weighted by Crippen LogP contribution is -2.42. The minimum atomic E-state index is -4.00. The highest BCUT2D eigenvalue weighted by atomic mass is 35.5. The van der Waals surface area contributed by atoms with Crippen molar-refractivity contribution in [2.75, 3.05) is 30.5 Å². The number of sulfonamides is 1. The van der Waals surface area contributed by atoms with Crippen LogP contribution in [0.15, 0.2) is 66.7 Å². The Morgan fingerprint density at radius 2 is 1.58 bits per heavy atom. The third kappa shape index (κ3) is 8.02. The van der Waals surface area contributed by atoms with Gasteiger partial charge in [-0.1, -0.05) is 71.7 Å². The molecule has 1 fully saturated rings. The van der Waals surface area contributed by atoms with E-state index >= 15 is 0 Å². The molecule has 2 aliphatic rings. The molecule has 2 heterocycles. The third-order valence-corrected chi connectivity index (χ3v) is 10.3. The zero-order valence-electron chi connectivity index (χ0n) is 23.5. The summed E-state index contributed by atoms with van der Waals surface area (Å²) < 4.78 is 29.5. The summed E-state index contributed by atoms with van der Waals surface area (Å²) in [6.45, 7) is 2.40. The van der Waals surface area contributed by atoms with Crippen LogP contribution in [0.1, 0.15) is 42.9 Å². The number of hydrogen-bond acceptors (Lipinski definition) is 5. The lowest BCUT2D eigenvalue weighted by Gasteiger charge is -2.39. The molecule has 3 N–H and O–H groups in total. The minimum absolute atomic E-state index is 0. The Morgan fingerprint density at radius 3 is 2.33 bits per heavy atom. The van der Waals surface area contributed by atoms with E-state index in [4.69, 9.17) is 23.2 Å². The molecule has 2 amide bonds. The number of hydrogen-bond donors (Lipinski definition) is 3. The Hall–Kier alpha value is -2.82. The van der Waals surface area contributed by atoms with Gasteiger partial charge in [0.2, 0.25) is 21.8 Å². The molecule has 3 aromatic rings. The lowest BCUT2D eigenvalue weighted by atomic mass is 9.88. The zero-order valence-corrected chi connectivity index (χ0v) is 26.7. The standard InChI is InChI=1S/C31H34Cl2N4O4S.ClH/c32-26-10-9-22(17-27(26)33)20-42(40,41)37-28-8-4-3-6-24(28)23-5-1-2-7-25(23)29(37)18-30(38)36-19-31(39)35-16-13-21-11-14-34-15-12-21;/h1-10,17,21,29,34H,11-16,18-20H2,(H,35,39)(H,36,38);1H. The molecule has 0 saturated carbocycles. The summed E-state index contributed by atoms with van der Waals surface area (Å²) in [4.78, 5) is 25.7. The number of nitrogens with one attached hydrogen (secondary N) is 3. The number of halogens is 3. The number of nitrogens with zero attached hydrogens (tertiary/aromatic N) is 1. The smallest absolute Gasteiger partial charge is 0.239 e. The highest BCUT2D eigenvalue weighted by Crippen LogP contribution is 2.47. The van der Waals surface area contributed by atoms with Crippen molar-refractivity contribution in [2.45, 2.75) is 37.5 Å². The molecular formula is C31H35Cl3N4O4S. The van der Waals surface area contributed by atoms with Crippen molar-refractivity contribution in [1.29, 1.82) is 0 Å². The van der Waals surface area contributed by atoms with E-state index in [1.807, 2.05) is 36.4 Å². The molecule has 0 bridgehead atoms. The highest BCUT2D eigenvalue weighted by Gasteiger charge is 2.39. The van der Waals surface area contributed by atoms with Gasteiger partial charge in [0, 0.05) is 12.1 Å². The van der Waals surface area contributed by atoms with Crippen LogP contribution in [0, 0.1) is 5.92 Å². The molecule has 8 nitrogen and oxygen atoms in total. The van der Waals surface area contributed by atoms with Crippen molar-refractivity contribution >= 4 is 63.1 Å². The summed E-state index contributed by atoms with van der Waals surface area (Å²) in [6, 6.07) is 18.7. The fourth-order valence-electron chi connectivity index (χ4n) is 5.74. The fraction of sp³-hybridized carbons (Fsp3) is 0.355. The molecule has 43 heavy (non-hydrogen) atoms. The van der Waals surface area contributed by atoms with Gasteiger partial charge in [-0.15, -0.1) is 12.4 Å². The Bertz CT molecular complexity index is 1560. The molecule has 1 unspecified atom stereocenters. The number of amides is 2. The molecule has 230 valence electrons. The minimum Gasteiger partial charge on any atom is -0.355 e. The van der Waals surface area contributed by atoms with E-state index in [9.17, 15) is 18.0 Å². The maximum Gasteiger partial charge on any atom is 0.239 e. The molecule has 12 heteroatoms. The van der Waals surface area contributed by atoms with Crippen molar-refractivity contribution in [3.8, 4) is 11.1 Å². The number of piperidine rings is 1. The number of para-hydroxylation sites is 1. The average Bonchev–Trinajstić information content (AvgIpc) is 2.98. The van der Waals surface area contributed by atoms with Gasteiger partial charge in [0.15, 0.2) is 0 Å². The SMILES string of the molecule is Cl.O=C(CNC(=O)CC1c2ccccc2-c2ccccc2N1S(=O)(=O)Cc1ccc(Cl)c(Cl)c1)NCCC1CCNCC1. The maximum absolute atomic E-state index is 14.1. The summed E-state index contributed by atoms with van der Waals surface area (Å²) in [6.07, 6.45) is 2.95. The summed E-state index contributed by atoms with van der Waals surface area (Å²) in [5.74, 6) is -0.432. The predicted octanol–water partition coefficient (Wildman–Crippen LogP) is 5.49. The monoisotopic (exact) mass is 664 g/mol. The number of fused-ring (bicyclic) bond motifs is 3. The molecule has 1 atom stereocenters. The molecule has 0 radical (unpaired) electrons. The van der Waals surface area contributed by atoms with Crippen LogP contribution in [0.2, 0.25) is 10.0 Å². The van der Waals surface area contributed by atoms with E-state index in [0.717, 1.165) is 49.0 Å². The topological polar surface area (TPSA) is 108 Å². The van der Waals surface area contributed by atoms with Gasteiger partial charge < -0.3 is 16.0 Å². The van der Waals surface area contributed by atoms with Crippen LogP contribution in [-0.2, 0) is 25.4 Å². The molecule has 0 spiro atoms. The third-order valence-electron chi connectivity index (χ3n) is 7.83. The van der Waals surface area contributed by atoms with Crippen molar-refractivity contribution in [3.05, 3.63) is 87.9 Å². The molecule has 5 rings (SSSR count). The molecule has 0 aromatic heterocycles. The Morgan fingerprint density at radius 1 is 0.884 bits per heavy atom. The van der Waals surface area contributed by atoms with Crippen molar-refractivity contribution in [2.24, 2.45) is 5.92 Å². The number of benzene rings is 3. The Balaban J connectivity index is 0.00000423. The van der Waals surface area contributed by atoms with Gasteiger partial charge in [0.25, 0.3) is 0 Å². The van der Waals surface area contributed by atoms with E-state index < -0.39 is 22.0 Å². The number of carbonyl (C=O) groups excluding carboxylic acids is 2. The summed E-state index contributed by atoms with van der Waals surface area (Å²) in [5.41, 5.74) is 3.31. The first kappa shape index (κ1) is 33.1. The Labute approximate surface area is 269 Å². The lowest BCUT2D eigenvalue weighted by molar-refractivity contribution is -0.126. The second-order valence-electron chi connectivity index (χ2n) is 10.7. The first-order valence-electron chi connectivity index (χ1n) is 14.1. The fourth-order valence-corrected chi connectivity index (χ4v) is 7.84. The largest absolute Gasteiger partial charge is 0.355 e. The first-order chi connectivity index (χ1) is 20.2. The molecule has 2 aliphatic heterocycles. The van der Waals surface area contributed by atoms with E-state index in [2.05, 4.69) is 16.0 Å². The van der Waals surface area contributed by atoms with Crippen LogP contribution in [0.3, 0.4) is 0 Å². The molecule has 3 aromatic carbocycles. The molecule has 0 aliphatic carbocycles. The quantitative estimate of drug-likeness (QED) is 0.266. The van der Waals surface area contributed by atoms with E-state index in [1.165, 1.54) is 10.4 Å². The van der Waals surface area contributed by atoms with E-state index in [0.29, 0.717) is 28.7 Å². The summed E-state index contributed by atoms with van der Waals surface area (Å²) in [7, 11) is -4.00. The van der Waals surface area contributed by atoms with Gasteiger partial charge in [0.1, 0.15) is 0 Å². The predicted molar refractivity (Wildman–Crippen MR) is 174 cm³/mol. The van der Waals surface area contributed by atoms with Crippen molar-refractivity contribution < 1.29 is 18.0 Å². The van der Waals surface area contributed by atoms with Gasteiger partial charge in [-0.2, -0.15) is 0 Å². The van der Waals surface area contributed by atoms with Crippen LogP contribution in [0.4, 0.5) is 5.69 Å². The van der Waals surface area contributed by atoms with Crippen LogP contribution in [0.5, 0.6) is 0 Å². The normalized spacial score (nSPS) is 16.4. The van der Waals surface area contributed by atoms with Crippen molar-refractivity contribution in [1.82, 2.24) is 16.0 Å². The van der Waals surface area contributed by atoms with Crippen LogP contribution in [-0.4, -0.2) is 46.4 Å². The van der Waals surface area contributed by atoms with E-state index in [1.54, 1.807) is 24.3 Å². The average molecular weight is 666 g/mol.